The van der Waals surface area contributed by atoms with Crippen molar-refractivity contribution in [3.8, 4) is 0 Å². The molecule has 0 bridgehead atoms. The Morgan fingerprint density at radius 2 is 2.08 bits per heavy atom. The number of hydrogen-bond acceptors (Lipinski definition) is 3. The van der Waals surface area contributed by atoms with Crippen molar-refractivity contribution < 1.29 is 5.11 Å². The molecule has 66 valence electrons. The van der Waals surface area contributed by atoms with Crippen LogP contribution in [0.4, 0.5) is 0 Å². The summed E-state index contributed by atoms with van der Waals surface area (Å²) >= 11 is 0. The van der Waals surface area contributed by atoms with Crippen LogP contribution in [0.5, 0.6) is 0 Å². The van der Waals surface area contributed by atoms with Gasteiger partial charge in [0.15, 0.2) is 0 Å². The summed E-state index contributed by atoms with van der Waals surface area (Å²) in [6.07, 6.45) is 5.47. The highest BCUT2D eigenvalue weighted by Gasteiger charge is 2.04. The molecule has 1 atom stereocenters. The molecule has 1 heterocycles. The molecular formula is C9H14N2O. The van der Waals surface area contributed by atoms with E-state index in [1.54, 1.807) is 18.5 Å². The summed E-state index contributed by atoms with van der Waals surface area (Å²) < 4.78 is 0. The monoisotopic (exact) mass is 166 g/mol. The molecule has 0 aliphatic carbocycles. The Labute approximate surface area is 72.5 Å². The molecule has 3 nitrogen and oxygen atoms in total. The lowest BCUT2D eigenvalue weighted by Crippen LogP contribution is -2.11. The fourth-order valence-corrected chi connectivity index (χ4v) is 1.08. The first kappa shape index (κ1) is 9.13. The van der Waals surface area contributed by atoms with Gasteiger partial charge in [-0.15, -0.1) is 0 Å². The molecule has 0 saturated heterocycles. The van der Waals surface area contributed by atoms with Gasteiger partial charge >= 0.3 is 0 Å². The second-order valence-corrected chi connectivity index (χ2v) is 2.81. The maximum absolute atomic E-state index is 9.42. The zero-order chi connectivity index (χ0) is 8.81. The third kappa shape index (κ3) is 2.96. The van der Waals surface area contributed by atoms with Crippen LogP contribution in [0.1, 0.15) is 25.6 Å². The number of aliphatic hydroxyl groups is 1. The lowest BCUT2D eigenvalue weighted by molar-refractivity contribution is 0.161. The van der Waals surface area contributed by atoms with Gasteiger partial charge < -0.3 is 5.11 Å². The van der Waals surface area contributed by atoms with Crippen LogP contribution in [0.2, 0.25) is 0 Å². The van der Waals surface area contributed by atoms with E-state index in [4.69, 9.17) is 0 Å². The van der Waals surface area contributed by atoms with Crippen molar-refractivity contribution in [2.24, 2.45) is 0 Å². The Morgan fingerprint density at radius 1 is 1.42 bits per heavy atom. The standard InChI is InChI=1S/C9H14N2O/c1-2-4-8(12)7-9-10-5-3-6-11-9/h3,5-6,8,12H,2,4,7H2,1H3. The van der Waals surface area contributed by atoms with E-state index in [1.165, 1.54) is 0 Å². The molecule has 1 aromatic rings. The molecular weight excluding hydrogens is 152 g/mol. The van der Waals surface area contributed by atoms with E-state index >= 15 is 0 Å². The van der Waals surface area contributed by atoms with Crippen LogP contribution < -0.4 is 0 Å². The number of aliphatic hydroxyl groups excluding tert-OH is 1. The van der Waals surface area contributed by atoms with Gasteiger partial charge in [-0.05, 0) is 12.5 Å². The molecule has 0 amide bonds. The Kier molecular flexibility index (Phi) is 3.67. The van der Waals surface area contributed by atoms with E-state index in [-0.39, 0.29) is 6.10 Å². The Hall–Kier alpha value is -0.960. The van der Waals surface area contributed by atoms with E-state index in [9.17, 15) is 5.11 Å². The van der Waals surface area contributed by atoms with Gasteiger partial charge in [0.05, 0.1) is 6.10 Å². The molecule has 12 heavy (non-hydrogen) atoms. The average Bonchev–Trinajstić information content (AvgIpc) is 2.06. The number of nitrogens with zero attached hydrogens (tertiary/aromatic N) is 2. The third-order valence-electron chi connectivity index (χ3n) is 1.66. The van der Waals surface area contributed by atoms with Crippen molar-refractivity contribution in [2.45, 2.75) is 32.3 Å². The van der Waals surface area contributed by atoms with Crippen LogP contribution in [0.15, 0.2) is 18.5 Å². The molecule has 0 aromatic carbocycles. The SMILES string of the molecule is CCCC(O)Cc1ncccn1. The van der Waals surface area contributed by atoms with Gasteiger partial charge in [-0.2, -0.15) is 0 Å². The smallest absolute Gasteiger partial charge is 0.130 e. The zero-order valence-corrected chi connectivity index (χ0v) is 7.27. The summed E-state index contributed by atoms with van der Waals surface area (Å²) in [6.45, 7) is 2.05. The van der Waals surface area contributed by atoms with Crippen molar-refractivity contribution in [2.75, 3.05) is 0 Å². The molecule has 3 heteroatoms. The molecule has 1 rings (SSSR count). The molecule has 0 aliphatic heterocycles. The second-order valence-electron chi connectivity index (χ2n) is 2.81. The van der Waals surface area contributed by atoms with Gasteiger partial charge in [-0.3, -0.25) is 0 Å². The maximum Gasteiger partial charge on any atom is 0.130 e. The van der Waals surface area contributed by atoms with Gasteiger partial charge in [-0.1, -0.05) is 13.3 Å². The van der Waals surface area contributed by atoms with Crippen molar-refractivity contribution in [3.05, 3.63) is 24.3 Å². The van der Waals surface area contributed by atoms with Gasteiger partial charge in [0, 0.05) is 18.8 Å². The number of aromatic nitrogens is 2. The fraction of sp³-hybridized carbons (Fsp3) is 0.556. The van der Waals surface area contributed by atoms with E-state index in [0.29, 0.717) is 6.42 Å². The first-order valence-electron chi connectivity index (χ1n) is 4.27. The van der Waals surface area contributed by atoms with Crippen LogP contribution in [-0.2, 0) is 6.42 Å². The van der Waals surface area contributed by atoms with Gasteiger partial charge in [0.1, 0.15) is 5.82 Å². The molecule has 0 fully saturated rings. The van der Waals surface area contributed by atoms with E-state index in [0.717, 1.165) is 18.7 Å². The quantitative estimate of drug-likeness (QED) is 0.730. The third-order valence-corrected chi connectivity index (χ3v) is 1.66. The number of hydrogen-bond donors (Lipinski definition) is 1. The molecule has 1 aromatic heterocycles. The first-order chi connectivity index (χ1) is 5.83. The van der Waals surface area contributed by atoms with E-state index in [2.05, 4.69) is 16.9 Å². The molecule has 0 radical (unpaired) electrons. The summed E-state index contributed by atoms with van der Waals surface area (Å²) in [5.74, 6) is 0.721. The molecule has 1 N–H and O–H groups in total. The van der Waals surface area contributed by atoms with Crippen LogP contribution >= 0.6 is 0 Å². The maximum atomic E-state index is 9.42. The summed E-state index contributed by atoms with van der Waals surface area (Å²) in [5.41, 5.74) is 0. The van der Waals surface area contributed by atoms with Gasteiger partial charge in [0.2, 0.25) is 0 Å². The van der Waals surface area contributed by atoms with Crippen LogP contribution in [-0.4, -0.2) is 21.2 Å². The predicted octanol–water partition coefficient (Wildman–Crippen LogP) is 1.18. The predicted molar refractivity (Wildman–Crippen MR) is 46.7 cm³/mol. The topological polar surface area (TPSA) is 46.0 Å². The summed E-state index contributed by atoms with van der Waals surface area (Å²) in [5, 5.41) is 9.42. The van der Waals surface area contributed by atoms with Gasteiger partial charge in [-0.25, -0.2) is 9.97 Å². The highest BCUT2D eigenvalue weighted by Crippen LogP contribution is 2.01. The van der Waals surface area contributed by atoms with Crippen LogP contribution in [0.25, 0.3) is 0 Å². The molecule has 1 unspecified atom stereocenters. The Balaban J connectivity index is 2.41. The van der Waals surface area contributed by atoms with Gasteiger partial charge in [0.25, 0.3) is 0 Å². The summed E-state index contributed by atoms with van der Waals surface area (Å²) in [7, 11) is 0. The molecule has 0 spiro atoms. The van der Waals surface area contributed by atoms with E-state index in [1.807, 2.05) is 0 Å². The van der Waals surface area contributed by atoms with Crippen LogP contribution in [0.3, 0.4) is 0 Å². The minimum Gasteiger partial charge on any atom is -0.393 e. The van der Waals surface area contributed by atoms with Crippen molar-refractivity contribution in [1.29, 1.82) is 0 Å². The molecule has 0 aliphatic rings. The van der Waals surface area contributed by atoms with Crippen molar-refractivity contribution in [1.82, 2.24) is 9.97 Å². The summed E-state index contributed by atoms with van der Waals surface area (Å²) in [6, 6.07) is 1.77. The average molecular weight is 166 g/mol. The minimum absolute atomic E-state index is 0.294. The van der Waals surface area contributed by atoms with E-state index < -0.39 is 0 Å². The lowest BCUT2D eigenvalue weighted by atomic mass is 10.1. The first-order valence-corrected chi connectivity index (χ1v) is 4.27. The Bertz CT molecular complexity index is 213. The largest absolute Gasteiger partial charge is 0.393 e. The van der Waals surface area contributed by atoms with Crippen molar-refractivity contribution in [3.63, 3.8) is 0 Å². The second kappa shape index (κ2) is 4.83. The minimum atomic E-state index is -0.294. The highest BCUT2D eigenvalue weighted by molar-refractivity contribution is 4.90. The normalized spacial score (nSPS) is 12.8. The fourth-order valence-electron chi connectivity index (χ4n) is 1.08. The Morgan fingerprint density at radius 3 is 2.67 bits per heavy atom. The zero-order valence-electron chi connectivity index (χ0n) is 7.27. The van der Waals surface area contributed by atoms with Crippen LogP contribution in [0, 0.1) is 0 Å². The van der Waals surface area contributed by atoms with Crippen molar-refractivity contribution >= 4 is 0 Å². The summed E-state index contributed by atoms with van der Waals surface area (Å²) in [4.78, 5) is 8.06. The molecule has 0 saturated carbocycles. The highest BCUT2D eigenvalue weighted by atomic mass is 16.3. The number of rotatable bonds is 4. The lowest BCUT2D eigenvalue weighted by Gasteiger charge is -2.06.